The van der Waals surface area contributed by atoms with Crippen LogP contribution >= 0.6 is 0 Å². The maximum atomic E-state index is 11.6. The SMILES string of the molecule is CCOC(=O)CCc1cc(C2CC2)cn2cc(CN)nc12. The summed E-state index contributed by atoms with van der Waals surface area (Å²) in [5.74, 6) is 0.512. The van der Waals surface area contributed by atoms with E-state index in [0.717, 1.165) is 16.9 Å². The Morgan fingerprint density at radius 3 is 2.95 bits per heavy atom. The van der Waals surface area contributed by atoms with Gasteiger partial charge in [0.25, 0.3) is 0 Å². The Balaban J connectivity index is 1.90. The molecule has 0 aliphatic heterocycles. The molecule has 1 aliphatic carbocycles. The summed E-state index contributed by atoms with van der Waals surface area (Å²) in [5, 5.41) is 0. The fraction of sp³-hybridized carbons (Fsp3) is 0.500. The molecule has 2 N–H and O–H groups in total. The van der Waals surface area contributed by atoms with Gasteiger partial charge in [-0.25, -0.2) is 4.98 Å². The van der Waals surface area contributed by atoms with Crippen molar-refractivity contribution in [1.82, 2.24) is 9.38 Å². The molecule has 0 aromatic carbocycles. The number of carbonyl (C=O) groups excluding carboxylic acids is 1. The summed E-state index contributed by atoms with van der Waals surface area (Å²) in [5.41, 5.74) is 9.91. The quantitative estimate of drug-likeness (QED) is 0.827. The van der Waals surface area contributed by atoms with E-state index in [1.807, 2.05) is 13.1 Å². The number of ether oxygens (including phenoxy) is 1. The van der Waals surface area contributed by atoms with Gasteiger partial charge in [0.15, 0.2) is 0 Å². The summed E-state index contributed by atoms with van der Waals surface area (Å²) in [6.45, 7) is 2.68. The van der Waals surface area contributed by atoms with Gasteiger partial charge in [-0.05, 0) is 43.2 Å². The number of hydrogen-bond donors (Lipinski definition) is 1. The zero-order valence-electron chi connectivity index (χ0n) is 12.3. The van der Waals surface area contributed by atoms with Gasteiger partial charge in [0, 0.05) is 25.4 Å². The second-order valence-corrected chi connectivity index (χ2v) is 5.55. The number of hydrogen-bond acceptors (Lipinski definition) is 4. The van der Waals surface area contributed by atoms with E-state index in [1.54, 1.807) is 0 Å². The van der Waals surface area contributed by atoms with Crippen LogP contribution in [0.1, 0.15) is 48.9 Å². The van der Waals surface area contributed by atoms with E-state index in [9.17, 15) is 4.79 Å². The molecule has 5 nitrogen and oxygen atoms in total. The number of esters is 1. The minimum absolute atomic E-state index is 0.155. The number of aromatic nitrogens is 2. The molecular weight excluding hydrogens is 266 g/mol. The largest absolute Gasteiger partial charge is 0.466 e. The smallest absolute Gasteiger partial charge is 0.306 e. The van der Waals surface area contributed by atoms with Gasteiger partial charge in [-0.2, -0.15) is 0 Å². The first kappa shape index (κ1) is 14.1. The van der Waals surface area contributed by atoms with Crippen LogP contribution in [0, 0.1) is 0 Å². The number of nitrogens with zero attached hydrogens (tertiary/aromatic N) is 2. The number of aryl methyl sites for hydroxylation is 1. The molecule has 0 bridgehead atoms. The van der Waals surface area contributed by atoms with E-state index in [-0.39, 0.29) is 5.97 Å². The van der Waals surface area contributed by atoms with Crippen molar-refractivity contribution in [2.75, 3.05) is 6.61 Å². The maximum Gasteiger partial charge on any atom is 0.306 e. The number of fused-ring (bicyclic) bond motifs is 1. The van der Waals surface area contributed by atoms with Crippen LogP contribution in [0.3, 0.4) is 0 Å². The highest BCUT2D eigenvalue weighted by molar-refractivity contribution is 5.70. The van der Waals surface area contributed by atoms with Crippen molar-refractivity contribution in [3.63, 3.8) is 0 Å². The van der Waals surface area contributed by atoms with Crippen LogP contribution in [0.4, 0.5) is 0 Å². The minimum atomic E-state index is -0.155. The van der Waals surface area contributed by atoms with E-state index < -0.39 is 0 Å². The zero-order chi connectivity index (χ0) is 14.8. The molecule has 1 fully saturated rings. The van der Waals surface area contributed by atoms with Gasteiger partial charge in [0.05, 0.1) is 12.3 Å². The summed E-state index contributed by atoms with van der Waals surface area (Å²) in [6, 6.07) is 2.19. The van der Waals surface area contributed by atoms with Gasteiger partial charge >= 0.3 is 5.97 Å². The third-order valence-corrected chi connectivity index (χ3v) is 3.86. The van der Waals surface area contributed by atoms with Crippen LogP contribution in [0.5, 0.6) is 0 Å². The van der Waals surface area contributed by atoms with Crippen LogP contribution < -0.4 is 5.73 Å². The standard InChI is InChI=1S/C16H21N3O2/c1-2-21-15(20)6-5-12-7-13(11-3-4-11)9-19-10-14(8-17)18-16(12)19/h7,9-11H,2-6,8,17H2,1H3. The van der Waals surface area contributed by atoms with Gasteiger partial charge < -0.3 is 14.9 Å². The van der Waals surface area contributed by atoms with Crippen LogP contribution in [0.15, 0.2) is 18.5 Å². The lowest BCUT2D eigenvalue weighted by Gasteiger charge is -2.07. The average molecular weight is 287 g/mol. The van der Waals surface area contributed by atoms with Crippen molar-refractivity contribution in [3.05, 3.63) is 35.3 Å². The second kappa shape index (κ2) is 5.85. The Labute approximate surface area is 124 Å². The summed E-state index contributed by atoms with van der Waals surface area (Å²) in [6.07, 6.45) is 7.68. The Morgan fingerprint density at radius 1 is 1.48 bits per heavy atom. The highest BCUT2D eigenvalue weighted by atomic mass is 16.5. The number of rotatable bonds is 6. The molecule has 0 amide bonds. The molecule has 3 rings (SSSR count). The monoisotopic (exact) mass is 287 g/mol. The molecule has 0 atom stereocenters. The van der Waals surface area contributed by atoms with Crippen molar-refractivity contribution < 1.29 is 9.53 Å². The molecule has 0 radical (unpaired) electrons. The fourth-order valence-corrected chi connectivity index (χ4v) is 2.64. The third kappa shape index (κ3) is 3.08. The maximum absolute atomic E-state index is 11.6. The normalized spacial score (nSPS) is 14.6. The van der Waals surface area contributed by atoms with Gasteiger partial charge in [0.1, 0.15) is 5.65 Å². The molecule has 112 valence electrons. The van der Waals surface area contributed by atoms with E-state index >= 15 is 0 Å². The molecule has 0 saturated heterocycles. The number of nitrogens with two attached hydrogens (primary N) is 1. The molecule has 1 aliphatic rings. The molecule has 2 aromatic heterocycles. The summed E-state index contributed by atoms with van der Waals surface area (Å²) < 4.78 is 7.06. The Bertz CT molecular complexity index is 659. The second-order valence-electron chi connectivity index (χ2n) is 5.55. The Hall–Kier alpha value is -1.88. The lowest BCUT2D eigenvalue weighted by Crippen LogP contribution is -2.06. The van der Waals surface area contributed by atoms with E-state index in [0.29, 0.717) is 31.9 Å². The molecule has 2 aromatic rings. The van der Waals surface area contributed by atoms with Crippen molar-refractivity contribution >= 4 is 11.6 Å². The summed E-state index contributed by atoms with van der Waals surface area (Å²) >= 11 is 0. The highest BCUT2D eigenvalue weighted by Crippen LogP contribution is 2.40. The van der Waals surface area contributed by atoms with Crippen LogP contribution in [0.2, 0.25) is 0 Å². The Kier molecular flexibility index (Phi) is 3.92. The molecule has 21 heavy (non-hydrogen) atoms. The van der Waals surface area contributed by atoms with E-state index in [1.165, 1.54) is 18.4 Å². The molecule has 2 heterocycles. The van der Waals surface area contributed by atoms with Gasteiger partial charge in [0.2, 0.25) is 0 Å². The van der Waals surface area contributed by atoms with E-state index in [2.05, 4.69) is 21.6 Å². The highest BCUT2D eigenvalue weighted by Gasteiger charge is 2.25. The third-order valence-electron chi connectivity index (χ3n) is 3.86. The Morgan fingerprint density at radius 2 is 2.29 bits per heavy atom. The lowest BCUT2D eigenvalue weighted by molar-refractivity contribution is -0.143. The lowest BCUT2D eigenvalue weighted by atomic mass is 10.1. The van der Waals surface area contributed by atoms with Crippen LogP contribution in [-0.4, -0.2) is 22.0 Å². The van der Waals surface area contributed by atoms with Gasteiger partial charge in [-0.1, -0.05) is 6.07 Å². The average Bonchev–Trinajstić information content (AvgIpc) is 3.24. The minimum Gasteiger partial charge on any atom is -0.466 e. The van der Waals surface area contributed by atoms with Crippen molar-refractivity contribution in [2.24, 2.45) is 5.73 Å². The number of carbonyl (C=O) groups is 1. The fourth-order valence-electron chi connectivity index (χ4n) is 2.64. The summed E-state index contributed by atoms with van der Waals surface area (Å²) in [4.78, 5) is 16.1. The first-order valence-corrected chi connectivity index (χ1v) is 7.57. The molecule has 0 unspecified atom stereocenters. The van der Waals surface area contributed by atoms with Crippen LogP contribution in [-0.2, 0) is 22.5 Å². The first-order valence-electron chi connectivity index (χ1n) is 7.57. The number of imidazole rings is 1. The van der Waals surface area contributed by atoms with Gasteiger partial charge in [-0.3, -0.25) is 4.79 Å². The van der Waals surface area contributed by atoms with Crippen LogP contribution in [0.25, 0.3) is 5.65 Å². The van der Waals surface area contributed by atoms with Crippen molar-refractivity contribution in [1.29, 1.82) is 0 Å². The number of pyridine rings is 1. The van der Waals surface area contributed by atoms with E-state index in [4.69, 9.17) is 10.5 Å². The van der Waals surface area contributed by atoms with Gasteiger partial charge in [-0.15, -0.1) is 0 Å². The molecule has 1 saturated carbocycles. The molecule has 5 heteroatoms. The topological polar surface area (TPSA) is 69.6 Å². The predicted octanol–water partition coefficient (Wildman–Crippen LogP) is 2.17. The molecular formula is C16H21N3O2. The molecule has 0 spiro atoms. The summed E-state index contributed by atoms with van der Waals surface area (Å²) in [7, 11) is 0. The predicted molar refractivity (Wildman–Crippen MR) is 80.0 cm³/mol. The van der Waals surface area contributed by atoms with Crippen molar-refractivity contribution in [2.45, 2.75) is 45.1 Å². The first-order chi connectivity index (χ1) is 10.2. The van der Waals surface area contributed by atoms with Crippen molar-refractivity contribution in [3.8, 4) is 0 Å². The zero-order valence-corrected chi connectivity index (χ0v) is 12.3.